The Hall–Kier alpha value is -1.40. The molecule has 1 atom stereocenters. The minimum absolute atomic E-state index is 0.271. The molecule has 0 spiro atoms. The maximum Gasteiger partial charge on any atom is 0.341 e. The largest absolute Gasteiger partial charge is 0.465 e. The molecule has 0 unspecified atom stereocenters. The number of ether oxygens (including phenoxy) is 1. The lowest BCUT2D eigenvalue weighted by Crippen LogP contribution is -2.45. The number of thiophene rings is 1. The number of nitrogens with one attached hydrogen (secondary N) is 1. The molecule has 0 aromatic carbocycles. The Labute approximate surface area is 128 Å². The number of hydrogen-bond acceptors (Lipinski definition) is 5. The SMILES string of the molecule is COC(=O)c1c(NC(=O)[C@H](N)C(C)(C)C)sc2c1CCC2. The second kappa shape index (κ2) is 5.77. The van der Waals surface area contributed by atoms with Crippen LogP contribution in [0.1, 0.15) is 48.0 Å². The van der Waals surface area contributed by atoms with Gasteiger partial charge in [0.15, 0.2) is 0 Å². The second-order valence-electron chi connectivity index (χ2n) is 6.39. The maximum absolute atomic E-state index is 12.3. The third kappa shape index (κ3) is 3.11. The van der Waals surface area contributed by atoms with Crippen LogP contribution < -0.4 is 11.1 Å². The molecule has 116 valence electrons. The fourth-order valence-electron chi connectivity index (χ4n) is 2.39. The minimum Gasteiger partial charge on any atom is -0.465 e. The van der Waals surface area contributed by atoms with E-state index in [1.807, 2.05) is 20.8 Å². The van der Waals surface area contributed by atoms with Gasteiger partial charge in [0.2, 0.25) is 5.91 Å². The van der Waals surface area contributed by atoms with E-state index in [-0.39, 0.29) is 11.3 Å². The summed E-state index contributed by atoms with van der Waals surface area (Å²) in [5.74, 6) is -0.665. The van der Waals surface area contributed by atoms with Crippen molar-refractivity contribution < 1.29 is 14.3 Å². The van der Waals surface area contributed by atoms with Gasteiger partial charge in [0.25, 0.3) is 0 Å². The first kappa shape index (κ1) is 16.0. The fraction of sp³-hybridized carbons (Fsp3) is 0.600. The lowest BCUT2D eigenvalue weighted by atomic mass is 9.87. The molecule has 0 fully saturated rings. The minimum atomic E-state index is -0.639. The summed E-state index contributed by atoms with van der Waals surface area (Å²) in [6, 6.07) is -0.639. The van der Waals surface area contributed by atoms with Gasteiger partial charge < -0.3 is 15.8 Å². The predicted molar refractivity (Wildman–Crippen MR) is 83.7 cm³/mol. The van der Waals surface area contributed by atoms with Crippen molar-refractivity contribution in [3.8, 4) is 0 Å². The van der Waals surface area contributed by atoms with Gasteiger partial charge in [-0.05, 0) is 30.2 Å². The van der Waals surface area contributed by atoms with Gasteiger partial charge in [-0.15, -0.1) is 11.3 Å². The zero-order chi connectivity index (χ0) is 15.8. The van der Waals surface area contributed by atoms with Crippen LogP contribution in [0.5, 0.6) is 0 Å². The average molecular weight is 310 g/mol. The molecule has 1 aromatic rings. The number of anilines is 1. The Kier molecular flexibility index (Phi) is 4.39. The topological polar surface area (TPSA) is 81.4 Å². The molecular formula is C15H22N2O3S. The first-order chi connectivity index (χ1) is 9.75. The van der Waals surface area contributed by atoms with Gasteiger partial charge in [-0.1, -0.05) is 20.8 Å². The van der Waals surface area contributed by atoms with Crippen LogP contribution >= 0.6 is 11.3 Å². The van der Waals surface area contributed by atoms with E-state index in [4.69, 9.17) is 10.5 Å². The van der Waals surface area contributed by atoms with Crippen LogP contribution in [-0.2, 0) is 22.4 Å². The van der Waals surface area contributed by atoms with Crippen molar-refractivity contribution in [1.29, 1.82) is 0 Å². The van der Waals surface area contributed by atoms with Crippen molar-refractivity contribution >= 4 is 28.2 Å². The highest BCUT2D eigenvalue weighted by molar-refractivity contribution is 7.17. The third-order valence-electron chi connectivity index (χ3n) is 3.76. The number of aryl methyl sites for hydroxylation is 1. The second-order valence-corrected chi connectivity index (χ2v) is 7.49. The van der Waals surface area contributed by atoms with E-state index in [1.165, 1.54) is 18.4 Å². The van der Waals surface area contributed by atoms with Crippen molar-refractivity contribution in [2.75, 3.05) is 12.4 Å². The van der Waals surface area contributed by atoms with Crippen LogP contribution in [0.25, 0.3) is 0 Å². The first-order valence-corrected chi connectivity index (χ1v) is 7.86. The number of amides is 1. The van der Waals surface area contributed by atoms with Gasteiger partial charge in [-0.3, -0.25) is 4.79 Å². The van der Waals surface area contributed by atoms with Crippen LogP contribution in [-0.4, -0.2) is 25.0 Å². The first-order valence-electron chi connectivity index (χ1n) is 7.05. The maximum atomic E-state index is 12.3. The molecule has 3 N–H and O–H groups in total. The zero-order valence-corrected chi connectivity index (χ0v) is 13.7. The zero-order valence-electron chi connectivity index (χ0n) is 12.9. The molecule has 0 saturated heterocycles. The molecule has 1 heterocycles. The average Bonchev–Trinajstić information content (AvgIpc) is 2.95. The monoisotopic (exact) mass is 310 g/mol. The van der Waals surface area contributed by atoms with Gasteiger partial charge in [0.05, 0.1) is 18.7 Å². The van der Waals surface area contributed by atoms with Gasteiger partial charge in [0, 0.05) is 4.88 Å². The molecule has 5 nitrogen and oxygen atoms in total. The van der Waals surface area contributed by atoms with E-state index >= 15 is 0 Å². The molecule has 0 aliphatic heterocycles. The van der Waals surface area contributed by atoms with Crippen LogP contribution in [0.3, 0.4) is 0 Å². The summed E-state index contributed by atoms with van der Waals surface area (Å²) in [7, 11) is 1.35. The van der Waals surface area contributed by atoms with Gasteiger partial charge in [0.1, 0.15) is 5.00 Å². The van der Waals surface area contributed by atoms with E-state index in [0.29, 0.717) is 10.6 Å². The highest BCUT2D eigenvalue weighted by Gasteiger charge is 2.31. The summed E-state index contributed by atoms with van der Waals surface area (Å²) in [5, 5.41) is 3.38. The highest BCUT2D eigenvalue weighted by atomic mass is 32.1. The van der Waals surface area contributed by atoms with Crippen molar-refractivity contribution in [3.63, 3.8) is 0 Å². The van der Waals surface area contributed by atoms with Gasteiger partial charge in [-0.2, -0.15) is 0 Å². The Balaban J connectivity index is 2.29. The van der Waals surface area contributed by atoms with Crippen molar-refractivity contribution in [2.45, 2.75) is 46.1 Å². The Bertz CT molecular complexity index is 572. The molecule has 6 heteroatoms. The summed E-state index contributed by atoms with van der Waals surface area (Å²) in [4.78, 5) is 25.4. The lowest BCUT2D eigenvalue weighted by Gasteiger charge is -2.25. The molecule has 0 saturated carbocycles. The molecule has 1 aliphatic carbocycles. The number of carbonyl (C=O) groups is 2. The van der Waals surface area contributed by atoms with E-state index in [9.17, 15) is 9.59 Å². The predicted octanol–water partition coefficient (Wildman–Crippen LogP) is 2.34. The third-order valence-corrected chi connectivity index (χ3v) is 4.97. The number of nitrogens with two attached hydrogens (primary N) is 1. The summed E-state index contributed by atoms with van der Waals surface area (Å²) < 4.78 is 4.86. The van der Waals surface area contributed by atoms with Crippen molar-refractivity contribution in [2.24, 2.45) is 11.1 Å². The van der Waals surface area contributed by atoms with E-state index in [0.717, 1.165) is 29.7 Å². The number of esters is 1. The lowest BCUT2D eigenvalue weighted by molar-refractivity contribution is -0.119. The molecule has 1 aromatic heterocycles. The number of methoxy groups -OCH3 is 1. The number of hydrogen-bond donors (Lipinski definition) is 2. The smallest absolute Gasteiger partial charge is 0.341 e. The molecule has 0 bridgehead atoms. The van der Waals surface area contributed by atoms with Crippen molar-refractivity contribution in [1.82, 2.24) is 0 Å². The standard InChI is InChI=1S/C15H22N2O3S/c1-15(2,3)11(16)12(18)17-13-10(14(19)20-4)8-6-5-7-9(8)21-13/h11H,5-7,16H2,1-4H3,(H,17,18)/t11-/m0/s1. The summed E-state index contributed by atoms with van der Waals surface area (Å²) in [6.07, 6.45) is 2.85. The molecule has 21 heavy (non-hydrogen) atoms. The molecule has 1 amide bonds. The van der Waals surface area contributed by atoms with E-state index in [1.54, 1.807) is 0 Å². The summed E-state index contributed by atoms with van der Waals surface area (Å²) in [6.45, 7) is 5.73. The van der Waals surface area contributed by atoms with E-state index in [2.05, 4.69) is 5.32 Å². The van der Waals surface area contributed by atoms with Gasteiger partial charge >= 0.3 is 5.97 Å². The van der Waals surface area contributed by atoms with E-state index < -0.39 is 12.0 Å². The Morgan fingerprint density at radius 3 is 2.57 bits per heavy atom. The van der Waals surface area contributed by atoms with Crippen molar-refractivity contribution in [3.05, 3.63) is 16.0 Å². The molecule has 0 radical (unpaired) electrons. The molecule has 2 rings (SSSR count). The highest BCUT2D eigenvalue weighted by Crippen LogP contribution is 2.39. The van der Waals surface area contributed by atoms with Gasteiger partial charge in [-0.25, -0.2) is 4.79 Å². The summed E-state index contributed by atoms with van der Waals surface area (Å²) >= 11 is 1.46. The van der Waals surface area contributed by atoms with Crippen LogP contribution in [0.15, 0.2) is 0 Å². The van der Waals surface area contributed by atoms with Crippen LogP contribution in [0.2, 0.25) is 0 Å². The number of fused-ring (bicyclic) bond motifs is 1. The number of rotatable bonds is 3. The Morgan fingerprint density at radius 1 is 1.33 bits per heavy atom. The molecular weight excluding hydrogens is 288 g/mol. The summed E-state index contributed by atoms with van der Waals surface area (Å²) in [5.41, 5.74) is 7.15. The van der Waals surface area contributed by atoms with Crippen LogP contribution in [0, 0.1) is 5.41 Å². The Morgan fingerprint density at radius 2 is 2.00 bits per heavy atom. The fourth-order valence-corrected chi connectivity index (χ4v) is 3.67. The van der Waals surface area contributed by atoms with Crippen LogP contribution in [0.4, 0.5) is 5.00 Å². The number of carbonyl (C=O) groups excluding carboxylic acids is 2. The normalized spacial score (nSPS) is 15.5. The molecule has 1 aliphatic rings. The quantitative estimate of drug-likeness (QED) is 0.840.